The molecule has 0 aliphatic carbocycles. The fourth-order valence-electron chi connectivity index (χ4n) is 3.49. The Morgan fingerprint density at radius 3 is 2.40 bits per heavy atom. The fraction of sp³-hybridized carbons (Fsp3) is 0.0769. The number of nitrogens with zero attached hydrogens (tertiary/aromatic N) is 4. The molecule has 2 aromatic heterocycles. The molecule has 174 valence electrons. The number of nitrogens with one attached hydrogen (secondary N) is 1. The van der Waals surface area contributed by atoms with Gasteiger partial charge in [0.25, 0.3) is 0 Å². The summed E-state index contributed by atoms with van der Waals surface area (Å²) in [4.78, 5) is 17.2. The van der Waals surface area contributed by atoms with E-state index in [0.717, 1.165) is 28.3 Å². The van der Waals surface area contributed by atoms with E-state index in [0.29, 0.717) is 21.7 Å². The summed E-state index contributed by atoms with van der Waals surface area (Å²) in [6, 6.07) is 27.5. The topological polar surface area (TPSA) is 72.7 Å². The molecule has 0 aliphatic heterocycles. The van der Waals surface area contributed by atoms with Gasteiger partial charge in [0, 0.05) is 28.1 Å². The second kappa shape index (κ2) is 10.9. The van der Waals surface area contributed by atoms with Crippen molar-refractivity contribution in [3.63, 3.8) is 0 Å². The molecule has 5 rings (SSSR count). The lowest BCUT2D eigenvalue weighted by atomic mass is 10.1. The molecule has 0 aliphatic rings. The molecular weight excluding hydrogens is 498 g/mol. The summed E-state index contributed by atoms with van der Waals surface area (Å²) in [5, 5.41) is 15.5. The zero-order valence-corrected chi connectivity index (χ0v) is 20.9. The molecule has 35 heavy (non-hydrogen) atoms. The molecule has 0 bridgehead atoms. The second-order valence-electron chi connectivity index (χ2n) is 7.61. The Balaban J connectivity index is 1.31. The smallest absolute Gasteiger partial charge is 0.236 e. The maximum Gasteiger partial charge on any atom is 0.236 e. The summed E-state index contributed by atoms with van der Waals surface area (Å²) in [5.74, 6) is 0.810. The van der Waals surface area contributed by atoms with Gasteiger partial charge in [-0.15, -0.1) is 21.5 Å². The lowest BCUT2D eigenvalue weighted by Crippen LogP contribution is -2.14. The highest BCUT2D eigenvalue weighted by Gasteiger charge is 2.17. The lowest BCUT2D eigenvalue weighted by Gasteiger charge is -2.10. The molecule has 9 heteroatoms. The van der Waals surface area contributed by atoms with Gasteiger partial charge in [-0.25, -0.2) is 4.98 Å². The average Bonchev–Trinajstić information content (AvgIpc) is 3.52. The predicted molar refractivity (Wildman–Crippen MR) is 143 cm³/mol. The molecule has 1 N–H and O–H groups in total. The second-order valence-corrected chi connectivity index (χ2v) is 9.85. The highest BCUT2D eigenvalue weighted by Crippen LogP contribution is 2.27. The number of hydrogen-bond acceptors (Lipinski definition) is 6. The predicted octanol–water partition coefficient (Wildman–Crippen LogP) is 6.37. The van der Waals surface area contributed by atoms with Crippen LogP contribution in [-0.2, 0) is 11.2 Å². The highest BCUT2D eigenvalue weighted by molar-refractivity contribution is 7.99. The summed E-state index contributed by atoms with van der Waals surface area (Å²) >= 11 is 8.83. The average molecular weight is 518 g/mol. The van der Waals surface area contributed by atoms with E-state index in [9.17, 15) is 4.79 Å². The van der Waals surface area contributed by atoms with E-state index < -0.39 is 0 Å². The molecule has 0 saturated carbocycles. The first-order valence-corrected chi connectivity index (χ1v) is 13.1. The summed E-state index contributed by atoms with van der Waals surface area (Å²) in [7, 11) is 0. The molecule has 1 amide bonds. The first-order valence-electron chi connectivity index (χ1n) is 10.8. The number of anilines is 1. The van der Waals surface area contributed by atoms with Crippen LogP contribution >= 0.6 is 34.7 Å². The number of thioether (sulfide) groups is 1. The number of rotatable bonds is 8. The van der Waals surface area contributed by atoms with Crippen molar-refractivity contribution < 1.29 is 4.79 Å². The van der Waals surface area contributed by atoms with Crippen molar-refractivity contribution in [2.75, 3.05) is 11.1 Å². The van der Waals surface area contributed by atoms with Crippen molar-refractivity contribution >= 4 is 45.7 Å². The van der Waals surface area contributed by atoms with Crippen LogP contribution in [-0.4, -0.2) is 31.4 Å². The van der Waals surface area contributed by atoms with E-state index in [-0.39, 0.29) is 11.7 Å². The van der Waals surface area contributed by atoms with Gasteiger partial charge in [0.2, 0.25) is 5.91 Å². The van der Waals surface area contributed by atoms with Crippen LogP contribution in [0.2, 0.25) is 5.02 Å². The van der Waals surface area contributed by atoms with Crippen LogP contribution in [0.1, 0.15) is 11.4 Å². The minimum Gasteiger partial charge on any atom is -0.301 e. The molecule has 6 nitrogen and oxygen atoms in total. The Kier molecular flexibility index (Phi) is 7.23. The molecule has 0 unspecified atom stereocenters. The number of halogens is 1. The monoisotopic (exact) mass is 517 g/mol. The van der Waals surface area contributed by atoms with Gasteiger partial charge in [-0.3, -0.25) is 9.36 Å². The third-order valence-corrected chi connectivity index (χ3v) is 7.08. The minimum atomic E-state index is -0.153. The maximum atomic E-state index is 12.7. The Bertz CT molecular complexity index is 1420. The van der Waals surface area contributed by atoms with Gasteiger partial charge in [-0.05, 0) is 29.8 Å². The van der Waals surface area contributed by atoms with E-state index in [1.165, 1.54) is 23.1 Å². The summed E-state index contributed by atoms with van der Waals surface area (Å²) in [5.41, 5.74) is 3.87. The molecule has 0 fully saturated rings. The first kappa shape index (κ1) is 23.3. The summed E-state index contributed by atoms with van der Waals surface area (Å²) in [6.07, 6.45) is 0.616. The first-order chi connectivity index (χ1) is 17.2. The Hall–Kier alpha value is -3.46. The van der Waals surface area contributed by atoms with Crippen LogP contribution < -0.4 is 5.32 Å². The Morgan fingerprint density at radius 2 is 1.66 bits per heavy atom. The van der Waals surface area contributed by atoms with Gasteiger partial charge in [0.1, 0.15) is 5.82 Å². The van der Waals surface area contributed by atoms with Crippen LogP contribution in [0, 0.1) is 0 Å². The van der Waals surface area contributed by atoms with Crippen molar-refractivity contribution in [1.82, 2.24) is 19.7 Å². The van der Waals surface area contributed by atoms with E-state index >= 15 is 0 Å². The molecule has 0 radical (unpaired) electrons. The number of carbonyl (C=O) groups excluding carboxylic acids is 1. The number of benzene rings is 3. The maximum absolute atomic E-state index is 12.7. The van der Waals surface area contributed by atoms with Gasteiger partial charge in [0.05, 0.1) is 11.4 Å². The normalized spacial score (nSPS) is 10.9. The van der Waals surface area contributed by atoms with Crippen LogP contribution in [0.15, 0.2) is 95.5 Å². The van der Waals surface area contributed by atoms with Crippen molar-refractivity contribution in [3.05, 3.63) is 107 Å². The van der Waals surface area contributed by atoms with Crippen molar-refractivity contribution in [2.45, 2.75) is 11.6 Å². The van der Waals surface area contributed by atoms with E-state index in [4.69, 9.17) is 11.6 Å². The van der Waals surface area contributed by atoms with Crippen LogP contribution in [0.5, 0.6) is 0 Å². The van der Waals surface area contributed by atoms with Gasteiger partial charge >= 0.3 is 0 Å². The van der Waals surface area contributed by atoms with Crippen molar-refractivity contribution in [2.24, 2.45) is 0 Å². The molecule has 5 aromatic rings. The van der Waals surface area contributed by atoms with Gasteiger partial charge in [-0.1, -0.05) is 84.0 Å². The molecule has 0 spiro atoms. The molecule has 3 aromatic carbocycles. The van der Waals surface area contributed by atoms with Gasteiger partial charge in [0.15, 0.2) is 10.3 Å². The number of amides is 1. The Labute approximate surface area is 216 Å². The highest BCUT2D eigenvalue weighted by atomic mass is 35.5. The number of thiazole rings is 1. The van der Waals surface area contributed by atoms with E-state index in [2.05, 4.69) is 32.6 Å². The van der Waals surface area contributed by atoms with Crippen LogP contribution in [0.4, 0.5) is 5.13 Å². The SMILES string of the molecule is O=C(CSc1nnc(Cc2ccccc2)n1-c1ccc(Cl)cc1)Nc1nc(-c2ccccc2)cs1. The fourth-order valence-corrected chi connectivity index (χ4v) is 5.13. The van der Waals surface area contributed by atoms with Crippen LogP contribution in [0.3, 0.4) is 0 Å². The largest absolute Gasteiger partial charge is 0.301 e. The summed E-state index contributed by atoms with van der Waals surface area (Å²) < 4.78 is 1.97. The van der Waals surface area contributed by atoms with Gasteiger partial charge in [-0.2, -0.15) is 0 Å². The zero-order valence-electron chi connectivity index (χ0n) is 18.5. The van der Waals surface area contributed by atoms with Crippen molar-refractivity contribution in [3.8, 4) is 16.9 Å². The molecule has 2 heterocycles. The molecular formula is C26H20ClN5OS2. The molecule has 0 atom stereocenters. The van der Waals surface area contributed by atoms with Crippen molar-refractivity contribution in [1.29, 1.82) is 0 Å². The van der Waals surface area contributed by atoms with E-state index in [1.807, 2.05) is 82.7 Å². The quantitative estimate of drug-likeness (QED) is 0.242. The molecule has 0 saturated heterocycles. The minimum absolute atomic E-state index is 0.153. The summed E-state index contributed by atoms with van der Waals surface area (Å²) in [6.45, 7) is 0. The van der Waals surface area contributed by atoms with Crippen LogP contribution in [0.25, 0.3) is 16.9 Å². The Morgan fingerprint density at radius 1 is 0.943 bits per heavy atom. The number of carbonyl (C=O) groups is 1. The third-order valence-electron chi connectivity index (χ3n) is 5.14. The standard InChI is InChI=1S/C26H20ClN5OS2/c27-20-11-13-21(14-12-20)32-23(15-18-7-3-1-4-8-18)30-31-26(32)35-17-24(33)29-25-28-22(16-34-25)19-9-5-2-6-10-19/h1-14,16H,15,17H2,(H,28,29,33). The lowest BCUT2D eigenvalue weighted by molar-refractivity contribution is -0.113. The zero-order chi connectivity index (χ0) is 24.0. The number of hydrogen-bond donors (Lipinski definition) is 1. The number of aromatic nitrogens is 4. The van der Waals surface area contributed by atoms with E-state index in [1.54, 1.807) is 0 Å². The van der Waals surface area contributed by atoms with Gasteiger partial charge < -0.3 is 5.32 Å². The third kappa shape index (κ3) is 5.79.